The van der Waals surface area contributed by atoms with Gasteiger partial charge in [0.15, 0.2) is 0 Å². The van der Waals surface area contributed by atoms with Crippen molar-refractivity contribution in [1.29, 1.82) is 0 Å². The lowest BCUT2D eigenvalue weighted by atomic mass is 9.98. The van der Waals surface area contributed by atoms with Gasteiger partial charge in [-0.2, -0.15) is 5.10 Å². The summed E-state index contributed by atoms with van der Waals surface area (Å²) in [5.41, 5.74) is 1.54. The fourth-order valence-electron chi connectivity index (χ4n) is 2.57. The van der Waals surface area contributed by atoms with E-state index in [9.17, 15) is 4.79 Å². The van der Waals surface area contributed by atoms with Crippen LogP contribution in [0.4, 0.5) is 0 Å². The van der Waals surface area contributed by atoms with E-state index in [1.165, 1.54) is 6.42 Å². The molecule has 1 saturated carbocycles. The quantitative estimate of drug-likeness (QED) is 0.803. The lowest BCUT2D eigenvalue weighted by Crippen LogP contribution is -2.20. The van der Waals surface area contributed by atoms with Gasteiger partial charge in [-0.05, 0) is 56.0 Å². The van der Waals surface area contributed by atoms with Crippen LogP contribution in [-0.4, -0.2) is 21.9 Å². The number of aromatic nitrogens is 2. The second-order valence-electron chi connectivity index (χ2n) is 5.16. The SMILES string of the molecule is O=C(OC1CCCCC1)c1ccc(-n2cccn2)cc1. The maximum absolute atomic E-state index is 12.1. The van der Waals surface area contributed by atoms with Crippen LogP contribution >= 0.6 is 0 Å². The van der Waals surface area contributed by atoms with Gasteiger partial charge in [0.05, 0.1) is 11.3 Å². The van der Waals surface area contributed by atoms with Gasteiger partial charge in [-0.25, -0.2) is 9.48 Å². The monoisotopic (exact) mass is 270 g/mol. The summed E-state index contributed by atoms with van der Waals surface area (Å²) >= 11 is 0. The Labute approximate surface area is 118 Å². The molecule has 4 heteroatoms. The number of rotatable bonds is 3. The summed E-state index contributed by atoms with van der Waals surface area (Å²) in [6.07, 6.45) is 9.27. The van der Waals surface area contributed by atoms with Gasteiger partial charge in [-0.1, -0.05) is 6.42 Å². The normalized spacial score (nSPS) is 16.0. The molecular formula is C16H18N2O2. The van der Waals surface area contributed by atoms with Crippen LogP contribution in [0.1, 0.15) is 42.5 Å². The second-order valence-corrected chi connectivity index (χ2v) is 5.16. The Morgan fingerprint density at radius 3 is 2.55 bits per heavy atom. The number of benzene rings is 1. The first-order valence-electron chi connectivity index (χ1n) is 7.14. The van der Waals surface area contributed by atoms with Gasteiger partial charge in [0.25, 0.3) is 0 Å². The number of hydrogen-bond acceptors (Lipinski definition) is 3. The summed E-state index contributed by atoms with van der Waals surface area (Å²) in [6, 6.07) is 9.21. The first kappa shape index (κ1) is 12.9. The highest BCUT2D eigenvalue weighted by Gasteiger charge is 2.18. The van der Waals surface area contributed by atoms with Crippen LogP contribution in [0.5, 0.6) is 0 Å². The molecular weight excluding hydrogens is 252 g/mol. The van der Waals surface area contributed by atoms with Gasteiger partial charge in [0.1, 0.15) is 6.10 Å². The smallest absolute Gasteiger partial charge is 0.338 e. The average molecular weight is 270 g/mol. The third-order valence-corrected chi connectivity index (χ3v) is 3.70. The Kier molecular flexibility index (Phi) is 3.81. The van der Waals surface area contributed by atoms with E-state index in [1.807, 2.05) is 24.4 Å². The fraction of sp³-hybridized carbons (Fsp3) is 0.375. The molecule has 20 heavy (non-hydrogen) atoms. The standard InChI is InChI=1S/C16H18N2O2/c19-16(20-15-5-2-1-3-6-15)13-7-9-14(10-8-13)18-12-4-11-17-18/h4,7-12,15H,1-3,5-6H2. The Hall–Kier alpha value is -2.10. The fourth-order valence-corrected chi connectivity index (χ4v) is 2.57. The zero-order valence-electron chi connectivity index (χ0n) is 11.4. The molecule has 0 amide bonds. The van der Waals surface area contributed by atoms with Crippen LogP contribution in [0.2, 0.25) is 0 Å². The maximum atomic E-state index is 12.1. The average Bonchev–Trinajstić information content (AvgIpc) is 3.03. The van der Waals surface area contributed by atoms with Gasteiger partial charge in [-0.15, -0.1) is 0 Å². The minimum Gasteiger partial charge on any atom is -0.459 e. The predicted molar refractivity (Wildman–Crippen MR) is 75.9 cm³/mol. The summed E-state index contributed by atoms with van der Waals surface area (Å²) < 4.78 is 7.31. The van der Waals surface area contributed by atoms with Crippen molar-refractivity contribution in [2.45, 2.75) is 38.2 Å². The van der Waals surface area contributed by atoms with Gasteiger partial charge < -0.3 is 4.74 Å². The number of esters is 1. The highest BCUT2D eigenvalue weighted by Crippen LogP contribution is 2.21. The number of carbonyl (C=O) groups is 1. The Bertz CT molecular complexity index is 555. The molecule has 0 bridgehead atoms. The molecule has 0 atom stereocenters. The van der Waals surface area contributed by atoms with E-state index < -0.39 is 0 Å². The molecule has 2 aromatic rings. The first-order valence-corrected chi connectivity index (χ1v) is 7.14. The molecule has 1 aromatic heterocycles. The van der Waals surface area contributed by atoms with Crippen LogP contribution in [-0.2, 0) is 4.74 Å². The van der Waals surface area contributed by atoms with Crippen LogP contribution in [0, 0.1) is 0 Å². The van der Waals surface area contributed by atoms with Crippen molar-refractivity contribution in [3.05, 3.63) is 48.3 Å². The van der Waals surface area contributed by atoms with E-state index in [0.717, 1.165) is 31.4 Å². The van der Waals surface area contributed by atoms with Crippen molar-refractivity contribution >= 4 is 5.97 Å². The lowest BCUT2D eigenvalue weighted by molar-refractivity contribution is 0.0211. The van der Waals surface area contributed by atoms with Crippen LogP contribution in [0.25, 0.3) is 5.69 Å². The minimum atomic E-state index is -0.219. The number of ether oxygens (including phenoxy) is 1. The number of carbonyl (C=O) groups excluding carboxylic acids is 1. The van der Waals surface area contributed by atoms with Gasteiger partial charge in [-0.3, -0.25) is 0 Å². The largest absolute Gasteiger partial charge is 0.459 e. The van der Waals surface area contributed by atoms with E-state index >= 15 is 0 Å². The molecule has 0 N–H and O–H groups in total. The van der Waals surface area contributed by atoms with Crippen molar-refractivity contribution in [2.75, 3.05) is 0 Å². The summed E-state index contributed by atoms with van der Waals surface area (Å²) in [4.78, 5) is 12.1. The van der Waals surface area contributed by atoms with Crippen LogP contribution in [0.3, 0.4) is 0 Å². The van der Waals surface area contributed by atoms with Crippen molar-refractivity contribution in [3.8, 4) is 5.69 Å². The molecule has 104 valence electrons. The molecule has 0 radical (unpaired) electrons. The van der Waals surface area contributed by atoms with E-state index in [2.05, 4.69) is 5.10 Å². The van der Waals surface area contributed by atoms with Gasteiger partial charge >= 0.3 is 5.97 Å². The summed E-state index contributed by atoms with van der Waals surface area (Å²) in [5.74, 6) is -0.219. The molecule has 0 unspecified atom stereocenters. The van der Waals surface area contributed by atoms with E-state index in [4.69, 9.17) is 4.74 Å². The molecule has 4 nitrogen and oxygen atoms in total. The number of hydrogen-bond donors (Lipinski definition) is 0. The summed E-state index contributed by atoms with van der Waals surface area (Å²) in [7, 11) is 0. The van der Waals surface area contributed by atoms with E-state index in [-0.39, 0.29) is 12.1 Å². The third-order valence-electron chi connectivity index (χ3n) is 3.70. The minimum absolute atomic E-state index is 0.0991. The summed E-state index contributed by atoms with van der Waals surface area (Å²) in [6.45, 7) is 0. The Morgan fingerprint density at radius 1 is 1.15 bits per heavy atom. The second kappa shape index (κ2) is 5.90. The van der Waals surface area contributed by atoms with Crippen molar-refractivity contribution in [3.63, 3.8) is 0 Å². The Morgan fingerprint density at radius 2 is 1.90 bits per heavy atom. The van der Waals surface area contributed by atoms with Gasteiger partial charge in [0.2, 0.25) is 0 Å². The van der Waals surface area contributed by atoms with E-state index in [1.54, 1.807) is 23.0 Å². The molecule has 0 saturated heterocycles. The third kappa shape index (κ3) is 2.90. The molecule has 1 fully saturated rings. The van der Waals surface area contributed by atoms with Crippen molar-refractivity contribution < 1.29 is 9.53 Å². The van der Waals surface area contributed by atoms with Crippen LogP contribution in [0.15, 0.2) is 42.7 Å². The van der Waals surface area contributed by atoms with Crippen molar-refractivity contribution in [2.24, 2.45) is 0 Å². The number of nitrogens with zero attached hydrogens (tertiary/aromatic N) is 2. The molecule has 1 heterocycles. The predicted octanol–water partition coefficient (Wildman–Crippen LogP) is 3.36. The molecule has 0 spiro atoms. The summed E-state index contributed by atoms with van der Waals surface area (Å²) in [5, 5.41) is 4.16. The molecule has 1 aliphatic carbocycles. The zero-order valence-corrected chi connectivity index (χ0v) is 11.4. The molecule has 3 rings (SSSR count). The Balaban J connectivity index is 1.66. The van der Waals surface area contributed by atoms with Crippen LogP contribution < -0.4 is 0 Å². The first-order chi connectivity index (χ1) is 9.83. The molecule has 0 aliphatic heterocycles. The maximum Gasteiger partial charge on any atom is 0.338 e. The van der Waals surface area contributed by atoms with Crippen molar-refractivity contribution in [1.82, 2.24) is 9.78 Å². The highest BCUT2D eigenvalue weighted by atomic mass is 16.5. The lowest BCUT2D eigenvalue weighted by Gasteiger charge is -2.21. The zero-order chi connectivity index (χ0) is 13.8. The molecule has 1 aliphatic rings. The molecule has 1 aromatic carbocycles. The topological polar surface area (TPSA) is 44.1 Å². The highest BCUT2D eigenvalue weighted by molar-refractivity contribution is 5.89. The van der Waals surface area contributed by atoms with E-state index in [0.29, 0.717) is 5.56 Å². The van der Waals surface area contributed by atoms with Gasteiger partial charge in [0, 0.05) is 12.4 Å².